The van der Waals surface area contributed by atoms with Crippen molar-refractivity contribution in [1.29, 1.82) is 0 Å². The van der Waals surface area contributed by atoms with Crippen LogP contribution in [0.2, 0.25) is 5.02 Å². The molecule has 8 nitrogen and oxygen atoms in total. The summed E-state index contributed by atoms with van der Waals surface area (Å²) in [4.78, 5) is 28.3. The van der Waals surface area contributed by atoms with Gasteiger partial charge >= 0.3 is 0 Å². The van der Waals surface area contributed by atoms with Crippen molar-refractivity contribution in [2.45, 2.75) is 50.7 Å². The number of nitrogens with zero attached hydrogens (tertiary/aromatic N) is 2. The normalized spacial score (nSPS) is 12.7. The SMILES string of the molecule is CC[C@H](C)NC(=O)[C@H](C)N(Cc1cccc(Cl)c1)C(=O)CN(c1ccccc1)S(=O)(=O)c1ccc(OC)cc1. The Kier molecular flexibility index (Phi) is 10.4. The molecule has 0 heterocycles. The van der Waals surface area contributed by atoms with Gasteiger partial charge in [-0.2, -0.15) is 0 Å². The van der Waals surface area contributed by atoms with Crippen LogP contribution >= 0.6 is 11.6 Å². The minimum Gasteiger partial charge on any atom is -0.497 e. The van der Waals surface area contributed by atoms with E-state index in [0.717, 1.165) is 10.7 Å². The third kappa shape index (κ3) is 7.74. The van der Waals surface area contributed by atoms with Gasteiger partial charge in [-0.3, -0.25) is 13.9 Å². The number of rotatable bonds is 12. The Bertz CT molecular complexity index is 1370. The van der Waals surface area contributed by atoms with Crippen molar-refractivity contribution in [3.63, 3.8) is 0 Å². The van der Waals surface area contributed by atoms with Gasteiger partial charge in [0.25, 0.3) is 10.0 Å². The fourth-order valence-corrected chi connectivity index (χ4v) is 5.51. The number of para-hydroxylation sites is 1. The number of ether oxygens (including phenoxy) is 1. The molecule has 2 amide bonds. The monoisotopic (exact) mass is 571 g/mol. The molecule has 2 atom stereocenters. The summed E-state index contributed by atoms with van der Waals surface area (Å²) >= 11 is 6.17. The smallest absolute Gasteiger partial charge is 0.264 e. The predicted molar refractivity (Wildman–Crippen MR) is 153 cm³/mol. The Labute approximate surface area is 235 Å². The van der Waals surface area contributed by atoms with Crippen LogP contribution in [0.3, 0.4) is 0 Å². The molecule has 39 heavy (non-hydrogen) atoms. The lowest BCUT2D eigenvalue weighted by molar-refractivity contribution is -0.139. The van der Waals surface area contributed by atoms with E-state index in [1.54, 1.807) is 73.7 Å². The average molecular weight is 572 g/mol. The van der Waals surface area contributed by atoms with Gasteiger partial charge in [0.15, 0.2) is 0 Å². The predicted octanol–water partition coefficient (Wildman–Crippen LogP) is 4.88. The summed E-state index contributed by atoms with van der Waals surface area (Å²) < 4.78 is 33.8. The van der Waals surface area contributed by atoms with Crippen LogP contribution in [0.15, 0.2) is 83.8 Å². The highest BCUT2D eigenvalue weighted by atomic mass is 35.5. The summed E-state index contributed by atoms with van der Waals surface area (Å²) in [6.07, 6.45) is 0.725. The first-order valence-electron chi connectivity index (χ1n) is 12.6. The summed E-state index contributed by atoms with van der Waals surface area (Å²) in [5, 5.41) is 3.40. The topological polar surface area (TPSA) is 96.0 Å². The van der Waals surface area contributed by atoms with E-state index in [0.29, 0.717) is 22.0 Å². The minimum absolute atomic E-state index is 0.00362. The van der Waals surface area contributed by atoms with Gasteiger partial charge < -0.3 is 15.0 Å². The van der Waals surface area contributed by atoms with E-state index in [1.807, 2.05) is 13.8 Å². The first-order valence-corrected chi connectivity index (χ1v) is 14.4. The largest absolute Gasteiger partial charge is 0.497 e. The van der Waals surface area contributed by atoms with Crippen LogP contribution < -0.4 is 14.4 Å². The van der Waals surface area contributed by atoms with Gasteiger partial charge in [0.1, 0.15) is 18.3 Å². The molecule has 0 aliphatic heterocycles. The molecule has 0 radical (unpaired) electrons. The Morgan fingerprint density at radius 1 is 0.974 bits per heavy atom. The Morgan fingerprint density at radius 2 is 1.64 bits per heavy atom. The van der Waals surface area contributed by atoms with Crippen molar-refractivity contribution in [3.8, 4) is 5.75 Å². The summed E-state index contributed by atoms with van der Waals surface area (Å²) in [5.74, 6) is -0.364. The molecule has 0 aliphatic carbocycles. The van der Waals surface area contributed by atoms with Crippen LogP contribution in [0.4, 0.5) is 5.69 Å². The summed E-state index contributed by atoms with van der Waals surface area (Å²) in [5.41, 5.74) is 1.03. The van der Waals surface area contributed by atoms with Gasteiger partial charge in [-0.15, -0.1) is 0 Å². The molecule has 3 aromatic carbocycles. The first-order chi connectivity index (χ1) is 18.6. The number of carbonyl (C=O) groups excluding carboxylic acids is 2. The molecule has 1 N–H and O–H groups in total. The number of hydrogen-bond donors (Lipinski definition) is 1. The quantitative estimate of drug-likeness (QED) is 0.334. The van der Waals surface area contributed by atoms with Crippen molar-refractivity contribution < 1.29 is 22.7 Å². The van der Waals surface area contributed by atoms with E-state index in [9.17, 15) is 18.0 Å². The van der Waals surface area contributed by atoms with Crippen LogP contribution in [0, 0.1) is 0 Å². The number of halogens is 1. The number of nitrogens with one attached hydrogen (secondary N) is 1. The van der Waals surface area contributed by atoms with Crippen molar-refractivity contribution in [2.24, 2.45) is 0 Å². The van der Waals surface area contributed by atoms with E-state index in [-0.39, 0.29) is 23.4 Å². The Balaban J connectivity index is 2.00. The van der Waals surface area contributed by atoms with Crippen LogP contribution in [-0.2, 0) is 26.2 Å². The second kappa shape index (κ2) is 13.5. The average Bonchev–Trinajstić information content (AvgIpc) is 2.94. The number of carbonyl (C=O) groups is 2. The third-order valence-corrected chi connectivity index (χ3v) is 8.40. The van der Waals surface area contributed by atoms with Crippen LogP contribution in [0.25, 0.3) is 0 Å². The molecule has 3 aromatic rings. The fraction of sp³-hybridized carbons (Fsp3) is 0.310. The van der Waals surface area contributed by atoms with Crippen LogP contribution in [-0.4, -0.2) is 50.9 Å². The van der Waals surface area contributed by atoms with E-state index in [2.05, 4.69) is 5.32 Å². The molecule has 0 bridgehead atoms. The van der Waals surface area contributed by atoms with Crippen LogP contribution in [0.1, 0.15) is 32.8 Å². The fourth-order valence-electron chi connectivity index (χ4n) is 3.88. The van der Waals surface area contributed by atoms with E-state index < -0.39 is 28.5 Å². The highest BCUT2D eigenvalue weighted by Gasteiger charge is 2.32. The lowest BCUT2D eigenvalue weighted by Crippen LogP contribution is -2.52. The zero-order valence-corrected chi connectivity index (χ0v) is 24.1. The second-order valence-electron chi connectivity index (χ2n) is 9.17. The van der Waals surface area contributed by atoms with E-state index >= 15 is 0 Å². The maximum atomic E-state index is 13.9. The second-order valence-corrected chi connectivity index (χ2v) is 11.5. The molecule has 0 spiro atoms. The zero-order chi connectivity index (χ0) is 28.6. The molecule has 208 valence electrons. The lowest BCUT2D eigenvalue weighted by atomic mass is 10.1. The molecule has 3 rings (SSSR count). The van der Waals surface area contributed by atoms with Gasteiger partial charge in [0.2, 0.25) is 11.8 Å². The van der Waals surface area contributed by atoms with E-state index in [4.69, 9.17) is 16.3 Å². The molecular formula is C29H34ClN3O5S. The molecule has 0 aliphatic rings. The van der Waals surface area contributed by atoms with E-state index in [1.165, 1.54) is 24.1 Å². The standard InChI is InChI=1S/C29H34ClN3O5S/c1-5-21(2)31-29(35)22(3)32(19-23-10-9-11-24(30)18-23)28(34)20-33(25-12-7-6-8-13-25)39(36,37)27-16-14-26(38-4)15-17-27/h6-18,21-22H,5,19-20H2,1-4H3,(H,31,35)/t21-,22-/m0/s1. The van der Waals surface area contributed by atoms with Crippen molar-refractivity contribution in [1.82, 2.24) is 10.2 Å². The van der Waals surface area contributed by atoms with Gasteiger partial charge in [-0.1, -0.05) is 48.9 Å². The lowest BCUT2D eigenvalue weighted by Gasteiger charge is -2.32. The molecular weight excluding hydrogens is 538 g/mol. The van der Waals surface area contributed by atoms with Gasteiger partial charge in [0.05, 0.1) is 17.7 Å². The van der Waals surface area contributed by atoms with Crippen molar-refractivity contribution >= 4 is 39.1 Å². The number of methoxy groups -OCH3 is 1. The highest BCUT2D eigenvalue weighted by molar-refractivity contribution is 7.92. The molecule has 0 aromatic heterocycles. The van der Waals surface area contributed by atoms with Crippen molar-refractivity contribution in [2.75, 3.05) is 18.0 Å². The van der Waals surface area contributed by atoms with Gasteiger partial charge in [0, 0.05) is 17.6 Å². The number of amides is 2. The molecule has 0 fully saturated rings. The molecule has 0 unspecified atom stereocenters. The first kappa shape index (κ1) is 30.0. The summed E-state index contributed by atoms with van der Waals surface area (Å²) in [6.45, 7) is 5.02. The van der Waals surface area contributed by atoms with Crippen molar-refractivity contribution in [3.05, 3.63) is 89.4 Å². The molecule has 10 heteroatoms. The summed E-state index contributed by atoms with van der Waals surface area (Å²) in [6, 6.07) is 20.4. The van der Waals surface area contributed by atoms with Gasteiger partial charge in [-0.05, 0) is 74.4 Å². The third-order valence-electron chi connectivity index (χ3n) is 6.38. The number of benzene rings is 3. The highest BCUT2D eigenvalue weighted by Crippen LogP contribution is 2.26. The Hall–Kier alpha value is -3.56. The number of sulfonamides is 1. The molecule has 0 saturated heterocycles. The maximum absolute atomic E-state index is 13.9. The maximum Gasteiger partial charge on any atom is 0.264 e. The van der Waals surface area contributed by atoms with Crippen LogP contribution in [0.5, 0.6) is 5.75 Å². The zero-order valence-electron chi connectivity index (χ0n) is 22.5. The molecule has 0 saturated carbocycles. The minimum atomic E-state index is -4.15. The Morgan fingerprint density at radius 3 is 2.23 bits per heavy atom. The van der Waals surface area contributed by atoms with Gasteiger partial charge in [-0.25, -0.2) is 8.42 Å². The number of anilines is 1. The summed E-state index contributed by atoms with van der Waals surface area (Å²) in [7, 11) is -2.66. The number of hydrogen-bond acceptors (Lipinski definition) is 5.